The lowest BCUT2D eigenvalue weighted by atomic mass is 10.1. The number of benzene rings is 2. The fraction of sp³-hybridized carbons (Fsp3) is 0.235. The van der Waals surface area contributed by atoms with Crippen molar-refractivity contribution in [3.05, 3.63) is 62.0 Å². The molecule has 0 radical (unpaired) electrons. The van der Waals surface area contributed by atoms with E-state index in [-0.39, 0.29) is 5.91 Å². The molecule has 3 nitrogen and oxygen atoms in total. The highest BCUT2D eigenvalue weighted by Crippen LogP contribution is 2.26. The maximum atomic E-state index is 12.0. The largest absolute Gasteiger partial charge is 0.399 e. The zero-order valence-electron chi connectivity index (χ0n) is 12.3. The summed E-state index contributed by atoms with van der Waals surface area (Å²) < 4.78 is 2.01. The summed E-state index contributed by atoms with van der Waals surface area (Å²) >= 11 is 7.01. The maximum Gasteiger partial charge on any atom is 0.224 e. The van der Waals surface area contributed by atoms with Crippen molar-refractivity contribution in [2.75, 3.05) is 12.3 Å². The van der Waals surface area contributed by atoms with Crippen molar-refractivity contribution in [3.63, 3.8) is 0 Å². The minimum absolute atomic E-state index is 0.0200. The van der Waals surface area contributed by atoms with Crippen LogP contribution in [0.15, 0.2) is 45.3 Å². The second-order valence-electron chi connectivity index (χ2n) is 5.21. The molecule has 2 aromatic rings. The summed E-state index contributed by atoms with van der Waals surface area (Å²) in [5.41, 5.74) is 9.72. The topological polar surface area (TPSA) is 55.1 Å². The highest BCUT2D eigenvalue weighted by molar-refractivity contribution is 9.11. The lowest BCUT2D eigenvalue weighted by molar-refractivity contribution is -0.120. The summed E-state index contributed by atoms with van der Waals surface area (Å²) in [6.45, 7) is 2.63. The van der Waals surface area contributed by atoms with Gasteiger partial charge in [-0.05, 0) is 54.3 Å². The van der Waals surface area contributed by atoms with Gasteiger partial charge in [-0.3, -0.25) is 4.79 Å². The molecule has 0 spiro atoms. The molecule has 0 saturated heterocycles. The van der Waals surface area contributed by atoms with Crippen molar-refractivity contribution in [2.24, 2.45) is 0 Å². The number of nitrogens with one attached hydrogen (secondary N) is 1. The molecule has 2 rings (SSSR count). The van der Waals surface area contributed by atoms with Gasteiger partial charge in [-0.1, -0.05) is 44.0 Å². The Morgan fingerprint density at radius 3 is 2.45 bits per heavy atom. The first kappa shape index (κ1) is 17.0. The molecular weight excluding hydrogens is 408 g/mol. The van der Waals surface area contributed by atoms with E-state index in [1.807, 2.05) is 43.3 Å². The first-order chi connectivity index (χ1) is 10.5. The van der Waals surface area contributed by atoms with Crippen LogP contribution in [0.1, 0.15) is 16.7 Å². The van der Waals surface area contributed by atoms with E-state index in [4.69, 9.17) is 5.73 Å². The van der Waals surface area contributed by atoms with Crippen molar-refractivity contribution in [3.8, 4) is 0 Å². The number of nitrogen functional groups attached to an aromatic ring is 1. The predicted molar refractivity (Wildman–Crippen MR) is 97.9 cm³/mol. The Bertz CT molecular complexity index is 663. The smallest absolute Gasteiger partial charge is 0.224 e. The van der Waals surface area contributed by atoms with E-state index >= 15 is 0 Å². The highest BCUT2D eigenvalue weighted by Gasteiger charge is 2.07. The minimum Gasteiger partial charge on any atom is -0.399 e. The number of hydrogen-bond acceptors (Lipinski definition) is 2. The Morgan fingerprint density at radius 2 is 1.82 bits per heavy atom. The third-order valence-electron chi connectivity index (χ3n) is 3.39. The molecular formula is C17H18Br2N2O. The molecule has 0 bridgehead atoms. The van der Waals surface area contributed by atoms with Gasteiger partial charge >= 0.3 is 0 Å². The zero-order valence-corrected chi connectivity index (χ0v) is 15.5. The summed E-state index contributed by atoms with van der Waals surface area (Å²) in [6, 6.07) is 11.7. The van der Waals surface area contributed by atoms with Crippen LogP contribution in [-0.2, 0) is 17.6 Å². The van der Waals surface area contributed by atoms with Crippen molar-refractivity contribution in [2.45, 2.75) is 19.8 Å². The molecule has 116 valence electrons. The molecule has 0 heterocycles. The fourth-order valence-electron chi connectivity index (χ4n) is 2.14. The summed E-state index contributed by atoms with van der Waals surface area (Å²) in [5, 5.41) is 2.94. The third-order valence-corrected chi connectivity index (χ3v) is 5.04. The lowest BCUT2D eigenvalue weighted by Crippen LogP contribution is -2.27. The first-order valence-corrected chi connectivity index (χ1v) is 8.60. The van der Waals surface area contributed by atoms with E-state index in [0.717, 1.165) is 37.7 Å². The van der Waals surface area contributed by atoms with Crippen LogP contribution in [0.5, 0.6) is 0 Å². The van der Waals surface area contributed by atoms with E-state index < -0.39 is 0 Å². The molecule has 5 heteroatoms. The standard InChI is InChI=1S/C17H18Br2N2O/c1-11-15(18)8-13(9-16(11)19)10-17(22)21-6-5-12-3-2-4-14(20)7-12/h2-4,7-9H,5-6,10,20H2,1H3,(H,21,22). The number of nitrogens with two attached hydrogens (primary N) is 1. The molecule has 0 aromatic heterocycles. The molecule has 0 saturated carbocycles. The number of carbonyl (C=O) groups is 1. The van der Waals surface area contributed by atoms with Crippen LogP contribution in [0.25, 0.3) is 0 Å². The van der Waals surface area contributed by atoms with Crippen LogP contribution < -0.4 is 11.1 Å². The summed E-state index contributed by atoms with van der Waals surface area (Å²) in [7, 11) is 0. The zero-order chi connectivity index (χ0) is 16.1. The molecule has 0 unspecified atom stereocenters. The van der Waals surface area contributed by atoms with E-state index in [9.17, 15) is 4.79 Å². The number of rotatable bonds is 5. The lowest BCUT2D eigenvalue weighted by Gasteiger charge is -2.08. The van der Waals surface area contributed by atoms with Crippen molar-refractivity contribution >= 4 is 43.5 Å². The van der Waals surface area contributed by atoms with Gasteiger partial charge in [0.05, 0.1) is 6.42 Å². The van der Waals surface area contributed by atoms with Gasteiger partial charge in [-0.2, -0.15) is 0 Å². The van der Waals surface area contributed by atoms with Crippen LogP contribution in [0.2, 0.25) is 0 Å². The maximum absolute atomic E-state index is 12.0. The monoisotopic (exact) mass is 424 g/mol. The fourth-order valence-corrected chi connectivity index (χ4v) is 3.42. The summed E-state index contributed by atoms with van der Waals surface area (Å²) in [5.74, 6) is 0.0200. The van der Waals surface area contributed by atoms with Gasteiger partial charge in [-0.25, -0.2) is 0 Å². The Balaban J connectivity index is 1.86. The SMILES string of the molecule is Cc1c(Br)cc(CC(=O)NCCc2cccc(N)c2)cc1Br. The molecule has 0 aliphatic heterocycles. The van der Waals surface area contributed by atoms with E-state index in [2.05, 4.69) is 37.2 Å². The Kier molecular flexibility index (Phi) is 6.03. The van der Waals surface area contributed by atoms with Crippen molar-refractivity contribution in [1.29, 1.82) is 0 Å². The highest BCUT2D eigenvalue weighted by atomic mass is 79.9. The second-order valence-corrected chi connectivity index (χ2v) is 6.91. The summed E-state index contributed by atoms with van der Waals surface area (Å²) in [4.78, 5) is 12.0. The number of anilines is 1. The van der Waals surface area contributed by atoms with Crippen LogP contribution in [0, 0.1) is 6.92 Å². The quantitative estimate of drug-likeness (QED) is 0.711. The molecule has 0 atom stereocenters. The van der Waals surface area contributed by atoms with Crippen LogP contribution in [0.3, 0.4) is 0 Å². The van der Waals surface area contributed by atoms with Crippen LogP contribution >= 0.6 is 31.9 Å². The van der Waals surface area contributed by atoms with Crippen molar-refractivity contribution < 1.29 is 4.79 Å². The number of hydrogen-bond donors (Lipinski definition) is 2. The average molecular weight is 426 g/mol. The van der Waals surface area contributed by atoms with E-state index in [0.29, 0.717) is 13.0 Å². The normalized spacial score (nSPS) is 10.5. The van der Waals surface area contributed by atoms with Gasteiger partial charge in [0.1, 0.15) is 0 Å². The number of carbonyl (C=O) groups excluding carboxylic acids is 1. The van der Waals surface area contributed by atoms with Gasteiger partial charge in [0.15, 0.2) is 0 Å². The molecule has 22 heavy (non-hydrogen) atoms. The van der Waals surface area contributed by atoms with Crippen molar-refractivity contribution in [1.82, 2.24) is 5.32 Å². The second kappa shape index (κ2) is 7.79. The van der Waals surface area contributed by atoms with Gasteiger partial charge in [0, 0.05) is 21.2 Å². The minimum atomic E-state index is 0.0200. The molecule has 0 aliphatic rings. The number of amides is 1. The Morgan fingerprint density at radius 1 is 1.14 bits per heavy atom. The van der Waals surface area contributed by atoms with E-state index in [1.165, 1.54) is 0 Å². The average Bonchev–Trinajstić information content (AvgIpc) is 2.44. The molecule has 0 fully saturated rings. The van der Waals surface area contributed by atoms with Gasteiger partial charge in [0.25, 0.3) is 0 Å². The number of halogens is 2. The van der Waals surface area contributed by atoms with Gasteiger partial charge in [0.2, 0.25) is 5.91 Å². The van der Waals surface area contributed by atoms with Crippen LogP contribution in [0.4, 0.5) is 5.69 Å². The molecule has 2 aromatic carbocycles. The Hall–Kier alpha value is -1.33. The Labute approximate surface area is 147 Å². The van der Waals surface area contributed by atoms with Crippen LogP contribution in [-0.4, -0.2) is 12.5 Å². The third kappa shape index (κ3) is 4.85. The molecule has 1 amide bonds. The first-order valence-electron chi connectivity index (χ1n) is 7.01. The van der Waals surface area contributed by atoms with Gasteiger partial charge in [-0.15, -0.1) is 0 Å². The predicted octanol–water partition coefficient (Wildman–Crippen LogP) is 4.00. The summed E-state index contributed by atoms with van der Waals surface area (Å²) in [6.07, 6.45) is 1.15. The van der Waals surface area contributed by atoms with E-state index in [1.54, 1.807) is 0 Å². The van der Waals surface area contributed by atoms with Gasteiger partial charge < -0.3 is 11.1 Å². The molecule has 0 aliphatic carbocycles. The molecule has 3 N–H and O–H groups in total.